The number of fused-ring (bicyclic) bond motifs is 2. The molecule has 0 unspecified atom stereocenters. The summed E-state index contributed by atoms with van der Waals surface area (Å²) >= 11 is 0. The van der Waals surface area contributed by atoms with E-state index in [1.54, 1.807) is 16.3 Å². The number of nitrogens with one attached hydrogen (secondary N) is 1. The van der Waals surface area contributed by atoms with Crippen LogP contribution in [0.5, 0.6) is 11.5 Å². The van der Waals surface area contributed by atoms with Crippen molar-refractivity contribution in [1.82, 2.24) is 29.6 Å². The van der Waals surface area contributed by atoms with Gasteiger partial charge in [-0.1, -0.05) is 19.9 Å². The minimum Gasteiger partial charge on any atom is -0.493 e. The lowest BCUT2D eigenvalue weighted by atomic mass is 9.85. The monoisotopic (exact) mass is 461 g/mol. The molecule has 10 heteroatoms. The molecule has 1 aliphatic rings. The number of aryl methyl sites for hydroxylation is 2. The highest BCUT2D eigenvalue weighted by molar-refractivity contribution is 5.95. The van der Waals surface area contributed by atoms with E-state index in [-0.39, 0.29) is 11.8 Å². The Morgan fingerprint density at radius 1 is 1.12 bits per heavy atom. The van der Waals surface area contributed by atoms with Crippen molar-refractivity contribution in [2.24, 2.45) is 5.92 Å². The van der Waals surface area contributed by atoms with Gasteiger partial charge < -0.3 is 14.8 Å². The van der Waals surface area contributed by atoms with Crippen molar-refractivity contribution in [3.8, 4) is 17.3 Å². The van der Waals surface area contributed by atoms with Gasteiger partial charge in [-0.05, 0) is 49.6 Å². The molecule has 0 bridgehead atoms. The average Bonchev–Trinajstić information content (AvgIpc) is 3.36. The first-order valence-electron chi connectivity index (χ1n) is 11.2. The standard InChI is InChI=1S/C24H27N7O3/c1-13(2)12-34-18-7-6-16(10-19(18)33-5)17-11-22(32)25-24-23(17)14(3)28-31(24)21-9-8-20-27-26-15(4)30(20)29-21/h6-10,13,17H,11-12H2,1-5H3,(H,25,32)/t17-/m0/s1. The van der Waals surface area contributed by atoms with Crippen LogP contribution in [0.1, 0.15) is 48.8 Å². The fourth-order valence-electron chi connectivity index (χ4n) is 4.27. The molecule has 0 fully saturated rings. The largest absolute Gasteiger partial charge is 0.493 e. The van der Waals surface area contributed by atoms with E-state index in [1.165, 1.54) is 0 Å². The summed E-state index contributed by atoms with van der Waals surface area (Å²) in [7, 11) is 1.62. The van der Waals surface area contributed by atoms with Gasteiger partial charge in [0.05, 0.1) is 19.4 Å². The molecule has 0 spiro atoms. The van der Waals surface area contributed by atoms with E-state index >= 15 is 0 Å². The van der Waals surface area contributed by atoms with E-state index < -0.39 is 0 Å². The number of carbonyl (C=O) groups excluding carboxylic acids is 1. The third kappa shape index (κ3) is 3.74. The second kappa shape index (κ2) is 8.44. The Kier molecular flexibility index (Phi) is 5.43. The number of nitrogens with zero attached hydrogens (tertiary/aromatic N) is 6. The van der Waals surface area contributed by atoms with E-state index in [4.69, 9.17) is 14.6 Å². The van der Waals surface area contributed by atoms with E-state index in [1.807, 2.05) is 44.2 Å². The van der Waals surface area contributed by atoms with E-state index in [0.29, 0.717) is 53.6 Å². The molecule has 34 heavy (non-hydrogen) atoms. The highest BCUT2D eigenvalue weighted by Gasteiger charge is 2.33. The molecule has 1 amide bonds. The van der Waals surface area contributed by atoms with Crippen molar-refractivity contribution < 1.29 is 14.3 Å². The molecule has 0 radical (unpaired) electrons. The molecule has 0 saturated carbocycles. The van der Waals surface area contributed by atoms with Crippen molar-refractivity contribution in [2.75, 3.05) is 19.0 Å². The Balaban J connectivity index is 1.57. The fourth-order valence-corrected chi connectivity index (χ4v) is 4.27. The SMILES string of the molecule is COc1cc([C@@H]2CC(=O)Nc3c2c(C)nn3-c2ccc3nnc(C)n3n2)ccc1OCC(C)C. The maximum Gasteiger partial charge on any atom is 0.226 e. The molecule has 1 atom stereocenters. The molecule has 0 aliphatic carbocycles. The molecule has 1 N–H and O–H groups in total. The van der Waals surface area contributed by atoms with Gasteiger partial charge in [0, 0.05) is 17.9 Å². The summed E-state index contributed by atoms with van der Waals surface area (Å²) in [6, 6.07) is 9.49. The summed E-state index contributed by atoms with van der Waals surface area (Å²) in [5.41, 5.74) is 3.39. The highest BCUT2D eigenvalue weighted by Crippen LogP contribution is 2.42. The summed E-state index contributed by atoms with van der Waals surface area (Å²) in [4.78, 5) is 12.8. The van der Waals surface area contributed by atoms with Crippen molar-refractivity contribution in [1.29, 1.82) is 0 Å². The minimum atomic E-state index is -0.175. The molecule has 5 rings (SSSR count). The van der Waals surface area contributed by atoms with Crippen LogP contribution in [-0.2, 0) is 4.79 Å². The summed E-state index contributed by atoms with van der Waals surface area (Å²) in [5.74, 6) is 3.33. The van der Waals surface area contributed by atoms with Gasteiger partial charge >= 0.3 is 0 Å². The maximum absolute atomic E-state index is 12.8. The number of ether oxygens (including phenoxy) is 2. The quantitative estimate of drug-likeness (QED) is 0.468. The second-order valence-corrected chi connectivity index (χ2v) is 8.89. The molecule has 176 valence electrons. The van der Waals surface area contributed by atoms with Gasteiger partial charge in [-0.3, -0.25) is 4.79 Å². The van der Waals surface area contributed by atoms with E-state index in [2.05, 4.69) is 34.5 Å². The average molecular weight is 462 g/mol. The lowest BCUT2D eigenvalue weighted by Gasteiger charge is -2.25. The Labute approximate surface area is 196 Å². The van der Waals surface area contributed by atoms with Crippen molar-refractivity contribution in [3.05, 3.63) is 53.0 Å². The van der Waals surface area contributed by atoms with E-state index in [0.717, 1.165) is 16.8 Å². The van der Waals surface area contributed by atoms with Crippen LogP contribution in [0, 0.1) is 19.8 Å². The van der Waals surface area contributed by atoms with Gasteiger partial charge in [-0.15, -0.1) is 15.3 Å². The molecule has 3 aromatic heterocycles. The zero-order chi connectivity index (χ0) is 24.0. The molecular formula is C24H27N7O3. The Morgan fingerprint density at radius 3 is 2.71 bits per heavy atom. The number of amides is 1. The number of methoxy groups -OCH3 is 1. The number of carbonyl (C=O) groups is 1. The molecule has 0 saturated heterocycles. The number of aromatic nitrogens is 6. The lowest BCUT2D eigenvalue weighted by molar-refractivity contribution is -0.116. The number of benzene rings is 1. The third-order valence-electron chi connectivity index (χ3n) is 5.89. The first-order valence-corrected chi connectivity index (χ1v) is 11.2. The number of anilines is 1. The smallest absolute Gasteiger partial charge is 0.226 e. The Bertz CT molecular complexity index is 1390. The van der Waals surface area contributed by atoms with Crippen LogP contribution in [-0.4, -0.2) is 49.2 Å². The molecule has 10 nitrogen and oxygen atoms in total. The fraction of sp³-hybridized carbons (Fsp3) is 0.375. The van der Waals surface area contributed by atoms with Crippen LogP contribution in [0.3, 0.4) is 0 Å². The van der Waals surface area contributed by atoms with Crippen LogP contribution < -0.4 is 14.8 Å². The summed E-state index contributed by atoms with van der Waals surface area (Å²) in [5, 5.41) is 20.5. The van der Waals surface area contributed by atoms with Gasteiger partial charge in [-0.25, -0.2) is 0 Å². The molecule has 1 aliphatic heterocycles. The lowest BCUT2D eigenvalue weighted by Crippen LogP contribution is -2.25. The van der Waals surface area contributed by atoms with Crippen LogP contribution >= 0.6 is 0 Å². The van der Waals surface area contributed by atoms with Crippen LogP contribution in [0.15, 0.2) is 30.3 Å². The molecule has 1 aromatic carbocycles. The Hall–Kier alpha value is -3.95. The second-order valence-electron chi connectivity index (χ2n) is 8.89. The van der Waals surface area contributed by atoms with Crippen molar-refractivity contribution in [2.45, 2.75) is 40.0 Å². The van der Waals surface area contributed by atoms with Crippen LogP contribution in [0.25, 0.3) is 11.5 Å². The third-order valence-corrected chi connectivity index (χ3v) is 5.89. The zero-order valence-corrected chi connectivity index (χ0v) is 19.9. The Morgan fingerprint density at radius 2 is 1.94 bits per heavy atom. The van der Waals surface area contributed by atoms with Gasteiger partial charge in [0.15, 0.2) is 28.8 Å². The van der Waals surface area contributed by atoms with Gasteiger partial charge in [-0.2, -0.15) is 14.3 Å². The van der Waals surface area contributed by atoms with Gasteiger partial charge in [0.2, 0.25) is 5.91 Å². The van der Waals surface area contributed by atoms with Crippen LogP contribution in [0.2, 0.25) is 0 Å². The van der Waals surface area contributed by atoms with Gasteiger partial charge in [0.1, 0.15) is 5.82 Å². The van der Waals surface area contributed by atoms with Crippen molar-refractivity contribution >= 4 is 17.4 Å². The number of hydrogen-bond donors (Lipinski definition) is 1. The predicted molar refractivity (Wildman–Crippen MR) is 126 cm³/mol. The number of hydrogen-bond acceptors (Lipinski definition) is 7. The molecule has 4 aromatic rings. The number of rotatable bonds is 6. The van der Waals surface area contributed by atoms with Crippen molar-refractivity contribution in [3.63, 3.8) is 0 Å². The zero-order valence-electron chi connectivity index (χ0n) is 19.9. The molecule has 4 heterocycles. The van der Waals surface area contributed by atoms with Gasteiger partial charge in [0.25, 0.3) is 0 Å². The summed E-state index contributed by atoms with van der Waals surface area (Å²) in [6.07, 6.45) is 0.311. The molecular weight excluding hydrogens is 434 g/mol. The van der Waals surface area contributed by atoms with Crippen LogP contribution in [0.4, 0.5) is 5.82 Å². The predicted octanol–water partition coefficient (Wildman–Crippen LogP) is 3.44. The summed E-state index contributed by atoms with van der Waals surface area (Å²) < 4.78 is 14.8. The summed E-state index contributed by atoms with van der Waals surface area (Å²) in [6.45, 7) is 8.57. The normalized spacial score (nSPS) is 15.5. The van der Waals surface area contributed by atoms with E-state index in [9.17, 15) is 4.79 Å². The maximum atomic E-state index is 12.8. The first kappa shape index (κ1) is 21.9. The minimum absolute atomic E-state index is 0.0840. The first-order chi connectivity index (χ1) is 16.4. The highest BCUT2D eigenvalue weighted by atomic mass is 16.5. The topological polar surface area (TPSA) is 108 Å².